The summed E-state index contributed by atoms with van der Waals surface area (Å²) in [5, 5.41) is 0. The first-order valence-electron chi connectivity index (χ1n) is 4.71. The van der Waals surface area contributed by atoms with Gasteiger partial charge in [0, 0.05) is 12.8 Å². The SMILES string of the molecule is [NH-][N+]1=CCCCCCCCC1. The van der Waals surface area contributed by atoms with Gasteiger partial charge in [-0.3, -0.25) is 4.68 Å². The lowest BCUT2D eigenvalue weighted by atomic mass is 10.1. The Kier molecular flexibility index (Phi) is 4.02. The van der Waals surface area contributed by atoms with Gasteiger partial charge < -0.3 is 5.84 Å². The van der Waals surface area contributed by atoms with E-state index in [2.05, 4.69) is 0 Å². The van der Waals surface area contributed by atoms with Gasteiger partial charge in [-0.2, -0.15) is 0 Å². The summed E-state index contributed by atoms with van der Waals surface area (Å²) in [6, 6.07) is 0. The van der Waals surface area contributed by atoms with Gasteiger partial charge in [0.05, 0.1) is 0 Å². The molecule has 0 unspecified atom stereocenters. The summed E-state index contributed by atoms with van der Waals surface area (Å²) in [6.07, 6.45) is 11.0. The number of hydrogen-bond donors (Lipinski definition) is 0. The molecule has 0 saturated heterocycles. The number of nitrogens with one attached hydrogen (secondary N) is 1. The van der Waals surface area contributed by atoms with Crippen molar-refractivity contribution in [2.75, 3.05) is 6.54 Å². The number of rotatable bonds is 0. The molecule has 2 heteroatoms. The Morgan fingerprint density at radius 1 is 0.909 bits per heavy atom. The molecule has 0 bridgehead atoms. The zero-order valence-electron chi connectivity index (χ0n) is 7.18. The third-order valence-electron chi connectivity index (χ3n) is 2.20. The summed E-state index contributed by atoms with van der Waals surface area (Å²) in [7, 11) is 0. The third-order valence-corrected chi connectivity index (χ3v) is 2.20. The van der Waals surface area contributed by atoms with E-state index in [4.69, 9.17) is 5.84 Å². The van der Waals surface area contributed by atoms with Gasteiger partial charge in [-0.1, -0.05) is 19.3 Å². The molecule has 0 saturated carbocycles. The molecule has 2 nitrogen and oxygen atoms in total. The van der Waals surface area contributed by atoms with E-state index < -0.39 is 0 Å². The van der Waals surface area contributed by atoms with Crippen molar-refractivity contribution in [3.8, 4) is 0 Å². The highest BCUT2D eigenvalue weighted by Crippen LogP contribution is 2.08. The first-order chi connectivity index (χ1) is 5.39. The summed E-state index contributed by atoms with van der Waals surface area (Å²) in [5.41, 5.74) is 0. The normalized spacial score (nSPS) is 22.4. The Hall–Kier alpha value is -0.530. The fraction of sp³-hybridized carbons (Fsp3) is 0.889. The molecule has 1 heterocycles. The van der Waals surface area contributed by atoms with Gasteiger partial charge in [0.1, 0.15) is 12.8 Å². The molecule has 1 aliphatic heterocycles. The van der Waals surface area contributed by atoms with Crippen molar-refractivity contribution in [1.82, 2.24) is 0 Å². The van der Waals surface area contributed by atoms with Crippen LogP contribution < -0.4 is 0 Å². The van der Waals surface area contributed by atoms with Crippen LogP contribution in [0.1, 0.15) is 44.9 Å². The molecule has 0 atom stereocenters. The van der Waals surface area contributed by atoms with Gasteiger partial charge in [0.25, 0.3) is 0 Å². The second-order valence-corrected chi connectivity index (χ2v) is 3.29. The first kappa shape index (κ1) is 8.57. The zero-order chi connectivity index (χ0) is 7.94. The minimum absolute atomic E-state index is 0.931. The van der Waals surface area contributed by atoms with Crippen LogP contribution in [-0.2, 0) is 0 Å². The topological polar surface area (TPSA) is 26.8 Å². The Labute approximate surface area is 69.1 Å². The molecule has 0 radical (unpaired) electrons. The molecule has 1 rings (SSSR count). The smallest absolute Gasteiger partial charge is 0.136 e. The minimum atomic E-state index is 0.931. The van der Waals surface area contributed by atoms with Crippen molar-refractivity contribution in [2.45, 2.75) is 44.9 Å². The standard InChI is InChI=1S/C9H18N2/c10-11-8-6-4-2-1-3-5-7-9-11/h8,10H,1-7,9H2. The quantitative estimate of drug-likeness (QED) is 0.480. The highest BCUT2D eigenvalue weighted by molar-refractivity contribution is 5.50. The van der Waals surface area contributed by atoms with E-state index in [9.17, 15) is 0 Å². The van der Waals surface area contributed by atoms with E-state index >= 15 is 0 Å². The minimum Gasteiger partial charge on any atom is -0.455 e. The van der Waals surface area contributed by atoms with Crippen LogP contribution in [0.4, 0.5) is 0 Å². The molecule has 64 valence electrons. The summed E-state index contributed by atoms with van der Waals surface area (Å²) < 4.78 is 1.60. The van der Waals surface area contributed by atoms with Crippen LogP contribution in [0, 0.1) is 0 Å². The summed E-state index contributed by atoms with van der Waals surface area (Å²) in [4.78, 5) is 0. The molecule has 1 aliphatic rings. The average molecular weight is 154 g/mol. The average Bonchev–Trinajstić information content (AvgIpc) is 2.03. The molecule has 0 aromatic carbocycles. The summed E-state index contributed by atoms with van der Waals surface area (Å²) >= 11 is 0. The van der Waals surface area contributed by atoms with Crippen LogP contribution in [0.15, 0.2) is 0 Å². The maximum absolute atomic E-state index is 7.46. The van der Waals surface area contributed by atoms with Gasteiger partial charge in [-0.05, 0) is 12.8 Å². The molecule has 1 N–H and O–H groups in total. The fourth-order valence-corrected chi connectivity index (χ4v) is 1.47. The number of nitrogens with zero attached hydrogens (tertiary/aromatic N) is 1. The largest absolute Gasteiger partial charge is 0.455 e. The van der Waals surface area contributed by atoms with Crippen molar-refractivity contribution in [1.29, 1.82) is 0 Å². The van der Waals surface area contributed by atoms with E-state index in [0.29, 0.717) is 0 Å². The Balaban J connectivity index is 2.27. The van der Waals surface area contributed by atoms with Crippen LogP contribution in [-0.4, -0.2) is 17.4 Å². The highest BCUT2D eigenvalue weighted by atomic mass is 15.3. The molecule has 0 aliphatic carbocycles. The monoisotopic (exact) mass is 154 g/mol. The van der Waals surface area contributed by atoms with Gasteiger partial charge in [0.15, 0.2) is 0 Å². The lowest BCUT2D eigenvalue weighted by Gasteiger charge is -2.06. The van der Waals surface area contributed by atoms with Crippen molar-refractivity contribution in [2.24, 2.45) is 0 Å². The maximum Gasteiger partial charge on any atom is 0.136 e. The lowest BCUT2D eigenvalue weighted by molar-refractivity contribution is -0.455. The van der Waals surface area contributed by atoms with Crippen molar-refractivity contribution in [3.63, 3.8) is 0 Å². The van der Waals surface area contributed by atoms with Crippen LogP contribution in [0.5, 0.6) is 0 Å². The van der Waals surface area contributed by atoms with E-state index in [0.717, 1.165) is 13.0 Å². The Morgan fingerprint density at radius 2 is 1.55 bits per heavy atom. The maximum atomic E-state index is 7.46. The molecule has 0 amide bonds. The highest BCUT2D eigenvalue weighted by Gasteiger charge is 1.97. The van der Waals surface area contributed by atoms with Crippen molar-refractivity contribution in [3.05, 3.63) is 5.84 Å². The van der Waals surface area contributed by atoms with Crippen LogP contribution in [0.2, 0.25) is 0 Å². The van der Waals surface area contributed by atoms with E-state index in [1.165, 1.54) is 38.5 Å². The second-order valence-electron chi connectivity index (χ2n) is 3.29. The van der Waals surface area contributed by atoms with Crippen molar-refractivity contribution < 1.29 is 4.68 Å². The van der Waals surface area contributed by atoms with Crippen LogP contribution >= 0.6 is 0 Å². The zero-order valence-corrected chi connectivity index (χ0v) is 7.18. The molecular formula is C9H18N2. The molecule has 0 spiro atoms. The van der Waals surface area contributed by atoms with Crippen molar-refractivity contribution >= 4 is 6.21 Å². The summed E-state index contributed by atoms with van der Waals surface area (Å²) in [5.74, 6) is 7.46. The van der Waals surface area contributed by atoms with Gasteiger partial charge in [-0.25, -0.2) is 0 Å². The fourth-order valence-electron chi connectivity index (χ4n) is 1.47. The van der Waals surface area contributed by atoms with Gasteiger partial charge in [0.2, 0.25) is 0 Å². The van der Waals surface area contributed by atoms with Gasteiger partial charge >= 0.3 is 0 Å². The predicted molar refractivity (Wildman–Crippen MR) is 47.8 cm³/mol. The molecular weight excluding hydrogens is 136 g/mol. The summed E-state index contributed by atoms with van der Waals surface area (Å²) in [6.45, 7) is 0.931. The van der Waals surface area contributed by atoms with Gasteiger partial charge in [-0.15, -0.1) is 0 Å². The molecule has 0 fully saturated rings. The predicted octanol–water partition coefficient (Wildman–Crippen LogP) is 2.78. The number of hydrogen-bond acceptors (Lipinski definition) is 0. The van der Waals surface area contributed by atoms with E-state index in [-0.39, 0.29) is 0 Å². The van der Waals surface area contributed by atoms with Crippen LogP contribution in [0.3, 0.4) is 0 Å². The van der Waals surface area contributed by atoms with E-state index in [1.54, 1.807) is 4.68 Å². The lowest BCUT2D eigenvalue weighted by Crippen LogP contribution is -2.06. The third kappa shape index (κ3) is 4.02. The molecule has 0 aromatic rings. The van der Waals surface area contributed by atoms with E-state index in [1.807, 2.05) is 6.21 Å². The molecule has 0 aromatic heterocycles. The van der Waals surface area contributed by atoms with Crippen LogP contribution in [0.25, 0.3) is 5.84 Å². The molecule has 11 heavy (non-hydrogen) atoms. The first-order valence-corrected chi connectivity index (χ1v) is 4.71. The Bertz CT molecular complexity index is 130. The Morgan fingerprint density at radius 3 is 2.36 bits per heavy atom. The second kappa shape index (κ2) is 5.16.